The zero-order chi connectivity index (χ0) is 20.6. The van der Waals surface area contributed by atoms with E-state index in [-0.39, 0.29) is 24.0 Å². The number of anilines is 1. The van der Waals surface area contributed by atoms with Crippen molar-refractivity contribution in [3.8, 4) is 0 Å². The van der Waals surface area contributed by atoms with Gasteiger partial charge in [-0.2, -0.15) is 0 Å². The van der Waals surface area contributed by atoms with Gasteiger partial charge in [0.25, 0.3) is 0 Å². The number of hydrogen-bond acceptors (Lipinski definition) is 6. The summed E-state index contributed by atoms with van der Waals surface area (Å²) in [7, 11) is 3.94. The van der Waals surface area contributed by atoms with Crippen molar-refractivity contribution in [1.82, 2.24) is 25.7 Å². The lowest BCUT2D eigenvalue weighted by Gasteiger charge is -2.33. The Morgan fingerprint density at radius 3 is 2.43 bits per heavy atom. The summed E-state index contributed by atoms with van der Waals surface area (Å²) in [5.74, 6) is 2.74. The van der Waals surface area contributed by atoms with E-state index < -0.39 is 0 Å². The summed E-state index contributed by atoms with van der Waals surface area (Å²) in [6.07, 6.45) is 3.64. The number of aliphatic imine (C=N–C) groups is 1. The van der Waals surface area contributed by atoms with E-state index in [1.807, 2.05) is 6.20 Å². The predicted molar refractivity (Wildman–Crippen MR) is 132 cm³/mol. The topological polar surface area (TPSA) is 81.8 Å². The third kappa shape index (κ3) is 6.31. The first kappa shape index (κ1) is 24.4. The molecule has 8 nitrogen and oxygen atoms in total. The van der Waals surface area contributed by atoms with Gasteiger partial charge >= 0.3 is 0 Å². The van der Waals surface area contributed by atoms with Crippen molar-refractivity contribution in [2.45, 2.75) is 39.8 Å². The summed E-state index contributed by atoms with van der Waals surface area (Å²) in [6.45, 7) is 9.70. The van der Waals surface area contributed by atoms with Crippen LogP contribution in [0.2, 0.25) is 0 Å². The van der Waals surface area contributed by atoms with Crippen molar-refractivity contribution in [3.63, 3.8) is 0 Å². The summed E-state index contributed by atoms with van der Waals surface area (Å²) in [6, 6.07) is 4.24. The van der Waals surface area contributed by atoms with Crippen LogP contribution in [0.15, 0.2) is 27.8 Å². The highest BCUT2D eigenvalue weighted by Gasteiger charge is 2.15. The summed E-state index contributed by atoms with van der Waals surface area (Å²) in [5, 5.41) is 10.9. The van der Waals surface area contributed by atoms with Gasteiger partial charge in [0, 0.05) is 64.5 Å². The summed E-state index contributed by atoms with van der Waals surface area (Å²) in [5.41, 5.74) is 3.27. The van der Waals surface area contributed by atoms with Crippen molar-refractivity contribution >= 4 is 35.8 Å². The van der Waals surface area contributed by atoms with Crippen molar-refractivity contribution < 1.29 is 4.52 Å². The van der Waals surface area contributed by atoms with Crippen LogP contribution in [0.25, 0.3) is 0 Å². The van der Waals surface area contributed by atoms with Gasteiger partial charge in [-0.3, -0.25) is 4.99 Å². The largest absolute Gasteiger partial charge is 0.361 e. The third-order valence-corrected chi connectivity index (χ3v) is 5.36. The van der Waals surface area contributed by atoms with E-state index >= 15 is 0 Å². The van der Waals surface area contributed by atoms with Crippen LogP contribution in [0.1, 0.15) is 36.4 Å². The van der Waals surface area contributed by atoms with E-state index in [9.17, 15) is 0 Å². The number of likely N-dealkylation sites (N-methyl/N-ethyl adjacent to an activating group) is 1. The average molecular weight is 527 g/mol. The fourth-order valence-electron chi connectivity index (χ4n) is 3.46. The average Bonchev–Trinajstić information content (AvgIpc) is 3.17. The molecule has 0 atom stereocenters. The number of piperazine rings is 1. The second-order valence-electron chi connectivity index (χ2n) is 7.33. The molecule has 1 aliphatic heterocycles. The number of hydrogen-bond donors (Lipinski definition) is 2. The Hall–Kier alpha value is -1.88. The smallest absolute Gasteiger partial charge is 0.191 e. The zero-order valence-corrected chi connectivity index (χ0v) is 20.8. The molecule has 0 unspecified atom stereocenters. The maximum atomic E-state index is 5.43. The van der Waals surface area contributed by atoms with Gasteiger partial charge in [0.15, 0.2) is 5.96 Å². The molecule has 2 aromatic rings. The molecule has 0 aliphatic carbocycles. The number of aryl methyl sites for hydroxylation is 2. The maximum Gasteiger partial charge on any atom is 0.191 e. The van der Waals surface area contributed by atoms with Gasteiger partial charge < -0.3 is 25.0 Å². The van der Waals surface area contributed by atoms with Gasteiger partial charge in [-0.25, -0.2) is 4.98 Å². The van der Waals surface area contributed by atoms with Crippen molar-refractivity contribution in [2.24, 2.45) is 4.99 Å². The number of pyridine rings is 1. The van der Waals surface area contributed by atoms with E-state index in [1.54, 1.807) is 7.05 Å². The second-order valence-corrected chi connectivity index (χ2v) is 7.33. The van der Waals surface area contributed by atoms with Crippen LogP contribution in [0.4, 0.5) is 5.82 Å². The highest BCUT2D eigenvalue weighted by atomic mass is 127. The molecule has 0 spiro atoms. The quantitative estimate of drug-likeness (QED) is 0.325. The number of halogens is 1. The Morgan fingerprint density at radius 1 is 1.10 bits per heavy atom. The minimum Gasteiger partial charge on any atom is -0.361 e. The molecule has 0 radical (unpaired) electrons. The number of guanidine groups is 1. The molecular weight excluding hydrogens is 493 g/mol. The molecule has 3 rings (SSSR count). The lowest BCUT2D eigenvalue weighted by atomic mass is 10.1. The molecule has 9 heteroatoms. The van der Waals surface area contributed by atoms with Gasteiger partial charge in [0.05, 0.1) is 5.69 Å². The molecule has 2 aromatic heterocycles. The normalized spacial score (nSPS) is 15.1. The molecule has 3 heterocycles. The van der Waals surface area contributed by atoms with Crippen LogP contribution in [-0.2, 0) is 25.9 Å². The number of nitrogens with zero attached hydrogens (tertiary/aromatic N) is 5. The summed E-state index contributed by atoms with van der Waals surface area (Å²) in [4.78, 5) is 13.7. The monoisotopic (exact) mass is 527 g/mol. The van der Waals surface area contributed by atoms with Gasteiger partial charge in [-0.15, -0.1) is 24.0 Å². The van der Waals surface area contributed by atoms with Gasteiger partial charge in [-0.05, 0) is 25.1 Å². The van der Waals surface area contributed by atoms with E-state index in [4.69, 9.17) is 4.52 Å². The van der Waals surface area contributed by atoms with Crippen LogP contribution < -0.4 is 15.5 Å². The van der Waals surface area contributed by atoms with Gasteiger partial charge in [0.2, 0.25) is 0 Å². The Balaban J connectivity index is 0.00000320. The molecule has 166 valence electrons. The summed E-state index contributed by atoms with van der Waals surface area (Å²) < 4.78 is 5.43. The first-order valence-electron chi connectivity index (χ1n) is 10.4. The Morgan fingerprint density at radius 2 is 1.83 bits per heavy atom. The maximum absolute atomic E-state index is 5.43. The fourth-order valence-corrected chi connectivity index (χ4v) is 3.46. The number of rotatable bonds is 7. The highest BCUT2D eigenvalue weighted by Crippen LogP contribution is 2.16. The van der Waals surface area contributed by atoms with Crippen molar-refractivity contribution in [2.75, 3.05) is 45.2 Å². The molecule has 1 aliphatic rings. The molecule has 30 heavy (non-hydrogen) atoms. The first-order chi connectivity index (χ1) is 14.1. The summed E-state index contributed by atoms with van der Waals surface area (Å²) >= 11 is 0. The molecule has 2 N–H and O–H groups in total. The lowest BCUT2D eigenvalue weighted by Crippen LogP contribution is -2.44. The molecule has 0 aromatic carbocycles. The number of nitrogens with one attached hydrogen (secondary N) is 2. The van der Waals surface area contributed by atoms with Crippen LogP contribution in [0.5, 0.6) is 0 Å². The van der Waals surface area contributed by atoms with E-state index in [1.165, 1.54) is 0 Å². The molecular formula is C21H34IN7O. The molecule has 0 amide bonds. The van der Waals surface area contributed by atoms with Crippen LogP contribution in [-0.4, -0.2) is 61.3 Å². The Labute approximate surface area is 196 Å². The second kappa shape index (κ2) is 12.1. The highest BCUT2D eigenvalue weighted by molar-refractivity contribution is 14.0. The number of aromatic nitrogens is 2. The van der Waals surface area contributed by atoms with E-state index in [2.05, 4.69) is 68.6 Å². The molecule has 0 saturated carbocycles. The van der Waals surface area contributed by atoms with Crippen LogP contribution >= 0.6 is 24.0 Å². The minimum atomic E-state index is 0. The first-order valence-corrected chi connectivity index (χ1v) is 10.4. The van der Waals surface area contributed by atoms with Crippen molar-refractivity contribution in [3.05, 3.63) is 40.9 Å². The van der Waals surface area contributed by atoms with Crippen molar-refractivity contribution in [1.29, 1.82) is 0 Å². The molecule has 1 saturated heterocycles. The lowest BCUT2D eigenvalue weighted by molar-refractivity contribution is 0.312. The third-order valence-electron chi connectivity index (χ3n) is 5.36. The van der Waals surface area contributed by atoms with E-state index in [0.717, 1.165) is 73.4 Å². The molecule has 1 fully saturated rings. The zero-order valence-electron chi connectivity index (χ0n) is 18.4. The fraction of sp³-hybridized carbons (Fsp3) is 0.571. The SMILES string of the molecule is CCc1noc(CC)c1CNC(=NC)NCc1ccc(N2CCN(C)CC2)nc1.I. The Bertz CT molecular complexity index is 777. The van der Waals surface area contributed by atoms with Gasteiger partial charge in [0.1, 0.15) is 11.6 Å². The van der Waals surface area contributed by atoms with Crippen LogP contribution in [0, 0.1) is 0 Å². The standard InChI is InChI=1S/C21H33N7O.HI/c1-5-18-17(19(6-2)29-26-18)15-25-21(22-3)24-14-16-7-8-20(23-13-16)28-11-9-27(4)10-12-28;/h7-8,13H,5-6,9-12,14-15H2,1-4H3,(H2,22,24,25);1H. The van der Waals surface area contributed by atoms with Gasteiger partial charge in [-0.1, -0.05) is 25.1 Å². The molecule has 0 bridgehead atoms. The van der Waals surface area contributed by atoms with Crippen LogP contribution in [0.3, 0.4) is 0 Å². The minimum absolute atomic E-state index is 0. The predicted octanol–water partition coefficient (Wildman–Crippen LogP) is 2.43. The van der Waals surface area contributed by atoms with E-state index in [0.29, 0.717) is 13.1 Å². The Kier molecular flexibility index (Phi) is 9.83.